The van der Waals surface area contributed by atoms with Crippen molar-refractivity contribution in [2.24, 2.45) is 5.92 Å². The van der Waals surface area contributed by atoms with Crippen molar-refractivity contribution >= 4 is 5.97 Å². The molecular weight excluding hydrogens is 204 g/mol. The van der Waals surface area contributed by atoms with Gasteiger partial charge in [0, 0.05) is 18.2 Å². The number of nitrogens with zero attached hydrogens (tertiary/aromatic N) is 2. The summed E-state index contributed by atoms with van der Waals surface area (Å²) < 4.78 is 4.96. The number of carbonyl (C=O) groups excluding carboxylic acids is 1. The lowest BCUT2D eigenvalue weighted by molar-refractivity contribution is 0.0518. The van der Waals surface area contributed by atoms with Crippen LogP contribution in [-0.2, 0) is 11.2 Å². The highest BCUT2D eigenvalue weighted by Gasteiger charge is 2.23. The van der Waals surface area contributed by atoms with E-state index in [0.717, 1.165) is 23.7 Å². The summed E-state index contributed by atoms with van der Waals surface area (Å²) in [5, 5.41) is 0. The van der Waals surface area contributed by atoms with E-state index in [1.54, 1.807) is 13.1 Å². The quantitative estimate of drug-likeness (QED) is 0.727. The Hall–Kier alpha value is -1.45. The molecule has 0 amide bonds. The van der Waals surface area contributed by atoms with E-state index in [4.69, 9.17) is 4.74 Å². The number of ether oxygens (including phenoxy) is 1. The minimum atomic E-state index is -0.348. The first-order valence-electron chi connectivity index (χ1n) is 5.70. The molecule has 1 fully saturated rings. The molecule has 86 valence electrons. The van der Waals surface area contributed by atoms with Gasteiger partial charge >= 0.3 is 5.97 Å². The summed E-state index contributed by atoms with van der Waals surface area (Å²) in [5.74, 6) is 1.13. The highest BCUT2D eigenvalue weighted by Crippen LogP contribution is 2.31. The zero-order chi connectivity index (χ0) is 11.5. The van der Waals surface area contributed by atoms with Crippen molar-refractivity contribution in [1.29, 1.82) is 0 Å². The predicted octanol–water partition coefficient (Wildman–Crippen LogP) is 1.91. The zero-order valence-corrected chi connectivity index (χ0v) is 9.69. The molecule has 0 bridgehead atoms. The number of carbonyl (C=O) groups is 1. The van der Waals surface area contributed by atoms with Crippen LogP contribution in [0.4, 0.5) is 0 Å². The molecule has 0 radical (unpaired) electrons. The van der Waals surface area contributed by atoms with E-state index in [2.05, 4.69) is 9.97 Å². The van der Waals surface area contributed by atoms with Gasteiger partial charge in [0.05, 0.1) is 6.61 Å². The first-order chi connectivity index (χ1) is 7.70. The van der Waals surface area contributed by atoms with Gasteiger partial charge in [-0.25, -0.2) is 14.8 Å². The maximum Gasteiger partial charge on any atom is 0.357 e. The van der Waals surface area contributed by atoms with Gasteiger partial charge in [-0.2, -0.15) is 0 Å². The second-order valence-corrected chi connectivity index (χ2v) is 4.19. The third-order valence-electron chi connectivity index (χ3n) is 2.66. The normalized spacial score (nSPS) is 14.9. The van der Waals surface area contributed by atoms with Crippen molar-refractivity contribution in [2.75, 3.05) is 6.61 Å². The Morgan fingerprint density at radius 3 is 2.94 bits per heavy atom. The third kappa shape index (κ3) is 2.56. The molecule has 0 unspecified atom stereocenters. The highest BCUT2D eigenvalue weighted by molar-refractivity contribution is 5.88. The summed E-state index contributed by atoms with van der Waals surface area (Å²) in [4.78, 5) is 20.1. The third-order valence-corrected chi connectivity index (χ3v) is 2.66. The van der Waals surface area contributed by atoms with Crippen LogP contribution in [0, 0.1) is 12.8 Å². The fraction of sp³-hybridized carbons (Fsp3) is 0.583. The molecule has 0 aromatic carbocycles. The Bertz CT molecular complexity index is 400. The van der Waals surface area contributed by atoms with Crippen molar-refractivity contribution in [1.82, 2.24) is 9.97 Å². The van der Waals surface area contributed by atoms with Gasteiger partial charge < -0.3 is 4.74 Å². The first kappa shape index (κ1) is 11.0. The van der Waals surface area contributed by atoms with Crippen LogP contribution in [-0.4, -0.2) is 22.5 Å². The molecule has 1 heterocycles. The monoisotopic (exact) mass is 220 g/mol. The molecule has 2 rings (SSSR count). The van der Waals surface area contributed by atoms with Crippen molar-refractivity contribution in [3.63, 3.8) is 0 Å². The number of aryl methyl sites for hydroxylation is 1. The van der Waals surface area contributed by atoms with Crippen LogP contribution in [0.2, 0.25) is 0 Å². The van der Waals surface area contributed by atoms with Crippen LogP contribution in [0.15, 0.2) is 6.20 Å². The van der Waals surface area contributed by atoms with E-state index in [9.17, 15) is 4.79 Å². The number of esters is 1. The van der Waals surface area contributed by atoms with Crippen LogP contribution >= 0.6 is 0 Å². The van der Waals surface area contributed by atoms with Crippen LogP contribution in [0.25, 0.3) is 0 Å². The van der Waals surface area contributed by atoms with Crippen molar-refractivity contribution in [3.8, 4) is 0 Å². The molecule has 1 aliphatic carbocycles. The summed E-state index contributed by atoms with van der Waals surface area (Å²) in [6, 6.07) is 0. The molecule has 0 aliphatic heterocycles. The Morgan fingerprint density at radius 1 is 1.56 bits per heavy atom. The Balaban J connectivity index is 2.17. The van der Waals surface area contributed by atoms with E-state index in [1.165, 1.54) is 12.8 Å². The molecule has 0 N–H and O–H groups in total. The van der Waals surface area contributed by atoms with Gasteiger partial charge in [-0.05, 0) is 32.6 Å². The Kier molecular flexibility index (Phi) is 3.17. The van der Waals surface area contributed by atoms with Gasteiger partial charge in [-0.15, -0.1) is 0 Å². The lowest BCUT2D eigenvalue weighted by Gasteiger charge is -2.06. The van der Waals surface area contributed by atoms with Gasteiger partial charge in [0.25, 0.3) is 0 Å². The summed E-state index contributed by atoms with van der Waals surface area (Å²) in [6.07, 6.45) is 5.10. The van der Waals surface area contributed by atoms with E-state index in [1.807, 2.05) is 6.92 Å². The van der Waals surface area contributed by atoms with Crippen LogP contribution in [0.3, 0.4) is 0 Å². The predicted molar refractivity (Wildman–Crippen MR) is 59.2 cm³/mol. The molecule has 0 spiro atoms. The van der Waals surface area contributed by atoms with Gasteiger partial charge in [-0.3, -0.25) is 0 Å². The summed E-state index contributed by atoms with van der Waals surface area (Å²) >= 11 is 0. The van der Waals surface area contributed by atoms with Crippen molar-refractivity contribution in [2.45, 2.75) is 33.1 Å². The molecule has 1 aromatic rings. The van der Waals surface area contributed by atoms with Gasteiger partial charge in [0.1, 0.15) is 5.82 Å². The van der Waals surface area contributed by atoms with Gasteiger partial charge in [0.15, 0.2) is 5.69 Å². The second-order valence-electron chi connectivity index (χ2n) is 4.19. The number of rotatable bonds is 4. The molecular formula is C12H16N2O2. The fourth-order valence-corrected chi connectivity index (χ4v) is 1.56. The largest absolute Gasteiger partial charge is 0.461 e. The van der Waals surface area contributed by atoms with Gasteiger partial charge in [-0.1, -0.05) is 0 Å². The van der Waals surface area contributed by atoms with Gasteiger partial charge in [0.2, 0.25) is 0 Å². The van der Waals surface area contributed by atoms with Crippen molar-refractivity contribution in [3.05, 3.63) is 23.3 Å². The highest BCUT2D eigenvalue weighted by atomic mass is 16.5. The first-order valence-corrected chi connectivity index (χ1v) is 5.70. The van der Waals surface area contributed by atoms with E-state index >= 15 is 0 Å². The molecule has 4 heteroatoms. The lowest BCUT2D eigenvalue weighted by Crippen LogP contribution is -2.12. The maximum absolute atomic E-state index is 11.6. The lowest BCUT2D eigenvalue weighted by atomic mass is 10.2. The molecule has 0 saturated heterocycles. The SMILES string of the molecule is CCOC(=O)c1nc(CC2CC2)ncc1C. The molecule has 4 nitrogen and oxygen atoms in total. The number of aromatic nitrogens is 2. The smallest absolute Gasteiger partial charge is 0.357 e. The second kappa shape index (κ2) is 4.60. The average Bonchev–Trinajstić information content (AvgIpc) is 3.05. The summed E-state index contributed by atoms with van der Waals surface area (Å²) in [7, 11) is 0. The standard InChI is InChI=1S/C12H16N2O2/c1-3-16-12(15)11-8(2)7-13-10(14-11)6-9-4-5-9/h7,9H,3-6H2,1-2H3. The number of hydrogen-bond acceptors (Lipinski definition) is 4. The minimum absolute atomic E-state index is 0.348. The average molecular weight is 220 g/mol. The van der Waals surface area contributed by atoms with E-state index in [-0.39, 0.29) is 5.97 Å². The van der Waals surface area contributed by atoms with Crippen molar-refractivity contribution < 1.29 is 9.53 Å². The summed E-state index contributed by atoms with van der Waals surface area (Å²) in [5.41, 5.74) is 1.19. The maximum atomic E-state index is 11.6. The van der Waals surface area contributed by atoms with Crippen LogP contribution < -0.4 is 0 Å². The molecule has 1 aromatic heterocycles. The molecule has 16 heavy (non-hydrogen) atoms. The fourth-order valence-electron chi connectivity index (χ4n) is 1.56. The molecule has 1 saturated carbocycles. The zero-order valence-electron chi connectivity index (χ0n) is 9.69. The Labute approximate surface area is 95.1 Å². The summed E-state index contributed by atoms with van der Waals surface area (Å²) in [6.45, 7) is 3.99. The Morgan fingerprint density at radius 2 is 2.31 bits per heavy atom. The van der Waals surface area contributed by atoms with Crippen LogP contribution in [0.5, 0.6) is 0 Å². The minimum Gasteiger partial charge on any atom is -0.461 e. The van der Waals surface area contributed by atoms with E-state index in [0.29, 0.717) is 12.3 Å². The molecule has 0 atom stereocenters. The number of hydrogen-bond donors (Lipinski definition) is 0. The van der Waals surface area contributed by atoms with Crippen LogP contribution in [0.1, 0.15) is 41.6 Å². The molecule has 1 aliphatic rings. The topological polar surface area (TPSA) is 52.1 Å². The van der Waals surface area contributed by atoms with E-state index < -0.39 is 0 Å².